The number of Topliss-reactive ketones (excluding diaryl/α,β-unsaturated/α-hetero) is 1. The van der Waals surface area contributed by atoms with E-state index in [1.165, 1.54) is 51.4 Å². The van der Waals surface area contributed by atoms with E-state index in [-0.39, 0.29) is 29.1 Å². The number of rotatable bonds is 1. The summed E-state index contributed by atoms with van der Waals surface area (Å²) in [6, 6.07) is 0. The van der Waals surface area contributed by atoms with E-state index in [0.717, 1.165) is 12.3 Å². The summed E-state index contributed by atoms with van der Waals surface area (Å²) in [4.78, 5) is 22.0. The van der Waals surface area contributed by atoms with Crippen LogP contribution in [0.2, 0.25) is 0 Å². The van der Waals surface area contributed by atoms with Gasteiger partial charge >= 0.3 is 5.97 Å². The van der Waals surface area contributed by atoms with Gasteiger partial charge in [-0.05, 0) is 114 Å². The molecule has 0 aromatic carbocycles. The summed E-state index contributed by atoms with van der Waals surface area (Å²) >= 11 is 0. The third-order valence-corrected chi connectivity index (χ3v) is 14.0. The molecule has 5 nitrogen and oxygen atoms in total. The molecule has 0 aromatic rings. The summed E-state index contributed by atoms with van der Waals surface area (Å²) in [7, 11) is 0. The minimum atomic E-state index is -0.968. The van der Waals surface area contributed by atoms with E-state index in [9.17, 15) is 14.7 Å². The van der Waals surface area contributed by atoms with Crippen LogP contribution in [0.15, 0.2) is 0 Å². The monoisotopic (exact) mass is 517 g/mol. The Kier molecular flexibility index (Phi) is 7.10. The molecule has 0 radical (unpaired) electrons. The third kappa shape index (κ3) is 4.15. The van der Waals surface area contributed by atoms with Crippen molar-refractivity contribution in [1.82, 2.24) is 0 Å². The number of carboxylic acids is 1. The number of hydrogen-bond acceptors (Lipinski definition) is 4. The SMILES string of the molecule is C[C@H]1C(=O)[C@H](O)C[C@@H]2[C@]1(C)CC[C@H]1[C@@]2(C)CC[C@@]2(C)[C@@H]3CC(C)(C)CC[C@]3(C)CC[C@]12C.NCC(=O)O. The Bertz CT molecular complexity index is 932. The quantitative estimate of drug-likeness (QED) is 0.371. The Morgan fingerprint density at radius 2 is 1.38 bits per heavy atom. The fourth-order valence-corrected chi connectivity index (χ4v) is 11.1. The van der Waals surface area contributed by atoms with Crippen molar-refractivity contribution in [2.75, 3.05) is 6.54 Å². The van der Waals surface area contributed by atoms with Gasteiger partial charge in [-0.2, -0.15) is 0 Å². The fourth-order valence-electron chi connectivity index (χ4n) is 11.1. The maximum atomic E-state index is 12.8. The highest BCUT2D eigenvalue weighted by atomic mass is 16.4. The summed E-state index contributed by atoms with van der Waals surface area (Å²) in [5, 5.41) is 18.3. The number of ketones is 1. The highest BCUT2D eigenvalue weighted by molar-refractivity contribution is 5.86. The van der Waals surface area contributed by atoms with Crippen molar-refractivity contribution in [2.45, 2.75) is 126 Å². The molecule has 5 aliphatic carbocycles. The summed E-state index contributed by atoms with van der Waals surface area (Å²) in [6.45, 7) is 19.9. The lowest BCUT2D eigenvalue weighted by atomic mass is 9.30. The summed E-state index contributed by atoms with van der Waals surface area (Å²) in [6.07, 6.45) is 12.0. The molecule has 0 aromatic heterocycles. The zero-order valence-corrected chi connectivity index (χ0v) is 25.0. The van der Waals surface area contributed by atoms with Gasteiger partial charge in [0.25, 0.3) is 0 Å². The van der Waals surface area contributed by atoms with Gasteiger partial charge in [-0.3, -0.25) is 9.59 Å². The van der Waals surface area contributed by atoms with Gasteiger partial charge in [0.2, 0.25) is 0 Å². The van der Waals surface area contributed by atoms with Crippen LogP contribution in [0, 0.1) is 56.2 Å². The molecular formula is C32H55NO4. The van der Waals surface area contributed by atoms with Crippen LogP contribution in [0.4, 0.5) is 0 Å². The zero-order valence-electron chi connectivity index (χ0n) is 25.0. The second-order valence-electron chi connectivity index (χ2n) is 16.0. The Hall–Kier alpha value is -0.940. The number of carbonyl (C=O) groups excluding carboxylic acids is 1. The van der Waals surface area contributed by atoms with E-state index in [1.54, 1.807) is 0 Å². The third-order valence-electron chi connectivity index (χ3n) is 14.0. The molecule has 212 valence electrons. The van der Waals surface area contributed by atoms with Gasteiger partial charge in [0.15, 0.2) is 5.78 Å². The second kappa shape index (κ2) is 9.04. The van der Waals surface area contributed by atoms with Gasteiger partial charge in [0.1, 0.15) is 6.10 Å². The molecule has 0 bridgehead atoms. The molecule has 0 unspecified atom stereocenters. The lowest BCUT2D eigenvalue weighted by molar-refractivity contribution is -0.259. The molecule has 37 heavy (non-hydrogen) atoms. The normalized spacial score (nSPS) is 52.4. The van der Waals surface area contributed by atoms with Gasteiger partial charge in [-0.15, -0.1) is 0 Å². The molecule has 0 spiro atoms. The van der Waals surface area contributed by atoms with E-state index in [4.69, 9.17) is 5.11 Å². The molecule has 0 saturated heterocycles. The first-order valence-electron chi connectivity index (χ1n) is 15.0. The topological polar surface area (TPSA) is 101 Å². The Labute approximate surface area is 225 Å². The summed E-state index contributed by atoms with van der Waals surface area (Å²) in [5.74, 6) is 1.14. The Morgan fingerprint density at radius 1 is 0.838 bits per heavy atom. The minimum Gasteiger partial charge on any atom is -0.480 e. The van der Waals surface area contributed by atoms with Gasteiger partial charge in [-0.25, -0.2) is 0 Å². The average molecular weight is 518 g/mol. The molecule has 5 saturated carbocycles. The van der Waals surface area contributed by atoms with Crippen LogP contribution in [0.3, 0.4) is 0 Å². The molecule has 0 aliphatic heterocycles. The largest absolute Gasteiger partial charge is 0.480 e. The van der Waals surface area contributed by atoms with Crippen molar-refractivity contribution in [3.05, 3.63) is 0 Å². The highest BCUT2D eigenvalue weighted by Gasteiger charge is 2.71. The molecule has 5 heteroatoms. The number of hydrogen-bond donors (Lipinski definition) is 3. The number of carboxylic acid groups (broad SMARTS) is 1. The number of aliphatic hydroxyl groups is 1. The van der Waals surface area contributed by atoms with Crippen molar-refractivity contribution >= 4 is 11.8 Å². The Balaban J connectivity index is 0.000000586. The first kappa shape index (κ1) is 29.1. The van der Waals surface area contributed by atoms with E-state index in [2.05, 4.69) is 61.1 Å². The van der Waals surface area contributed by atoms with Gasteiger partial charge in [0, 0.05) is 5.92 Å². The molecule has 5 aliphatic rings. The van der Waals surface area contributed by atoms with Crippen LogP contribution in [0.1, 0.15) is 120 Å². The van der Waals surface area contributed by atoms with Crippen LogP contribution in [0.25, 0.3) is 0 Å². The number of fused-ring (bicyclic) bond motifs is 7. The predicted octanol–water partition coefficient (Wildman–Crippen LogP) is 6.46. The van der Waals surface area contributed by atoms with Crippen LogP contribution < -0.4 is 5.73 Å². The van der Waals surface area contributed by atoms with Gasteiger partial charge in [0.05, 0.1) is 6.54 Å². The number of aliphatic carboxylic acids is 1. The van der Waals surface area contributed by atoms with Crippen LogP contribution in [0.5, 0.6) is 0 Å². The first-order valence-corrected chi connectivity index (χ1v) is 15.0. The number of carbonyl (C=O) groups is 2. The van der Waals surface area contributed by atoms with Crippen molar-refractivity contribution in [1.29, 1.82) is 0 Å². The van der Waals surface area contributed by atoms with Gasteiger partial charge in [-0.1, -0.05) is 55.4 Å². The summed E-state index contributed by atoms with van der Waals surface area (Å²) < 4.78 is 0. The molecule has 10 atom stereocenters. The standard InChI is InChI=1S/C30H50O2.C2H5NO2/c1-19-24(32)20(31)17-22-27(19,5)10-9-21-28(22,6)14-16-30(8)23-18-25(2,3)11-12-26(23,4)13-15-29(21,30)7;3-1-2(4)5/h19-23,31H,9-18H2,1-8H3;1,3H2,(H,4,5)/t19-,20+,21-,22+,23+,26+,27+,28+,29+,30-;/m0./s1. The number of nitrogens with two attached hydrogens (primary N) is 1. The smallest absolute Gasteiger partial charge is 0.317 e. The second-order valence-corrected chi connectivity index (χ2v) is 16.0. The first-order chi connectivity index (χ1) is 16.9. The molecular weight excluding hydrogens is 462 g/mol. The Morgan fingerprint density at radius 3 is 1.97 bits per heavy atom. The summed E-state index contributed by atoms with van der Waals surface area (Å²) in [5.41, 5.74) is 6.64. The van der Waals surface area contributed by atoms with E-state index in [0.29, 0.717) is 39.9 Å². The molecule has 0 amide bonds. The van der Waals surface area contributed by atoms with Crippen molar-refractivity contribution in [3.8, 4) is 0 Å². The van der Waals surface area contributed by atoms with Crippen LogP contribution in [-0.2, 0) is 9.59 Å². The zero-order chi connectivity index (χ0) is 27.8. The van der Waals surface area contributed by atoms with Gasteiger partial charge < -0.3 is 15.9 Å². The van der Waals surface area contributed by atoms with Crippen molar-refractivity contribution in [2.24, 2.45) is 61.9 Å². The lowest BCUT2D eigenvalue weighted by Crippen LogP contribution is -2.68. The molecule has 5 fully saturated rings. The molecule has 5 rings (SSSR count). The highest BCUT2D eigenvalue weighted by Crippen LogP contribution is 2.78. The minimum absolute atomic E-state index is 0.0102. The van der Waals surface area contributed by atoms with E-state index < -0.39 is 12.1 Å². The molecule has 4 N–H and O–H groups in total. The predicted molar refractivity (Wildman–Crippen MR) is 148 cm³/mol. The van der Waals surface area contributed by atoms with Crippen molar-refractivity contribution < 1.29 is 19.8 Å². The fraction of sp³-hybridized carbons (Fsp3) is 0.938. The van der Waals surface area contributed by atoms with Crippen LogP contribution >= 0.6 is 0 Å². The maximum absolute atomic E-state index is 12.8. The van der Waals surface area contributed by atoms with E-state index >= 15 is 0 Å². The van der Waals surface area contributed by atoms with Crippen LogP contribution in [-0.4, -0.2) is 34.6 Å². The maximum Gasteiger partial charge on any atom is 0.317 e. The molecule has 0 heterocycles. The van der Waals surface area contributed by atoms with E-state index in [1.807, 2.05) is 0 Å². The number of aliphatic hydroxyl groups excluding tert-OH is 1. The lowest BCUT2D eigenvalue weighted by Gasteiger charge is -2.75. The van der Waals surface area contributed by atoms with Crippen molar-refractivity contribution in [3.63, 3.8) is 0 Å². The average Bonchev–Trinajstić information content (AvgIpc) is 2.82.